The quantitative estimate of drug-likeness (QED) is 0.183. The van der Waals surface area contributed by atoms with Crippen molar-refractivity contribution in [3.63, 3.8) is 0 Å². The lowest BCUT2D eigenvalue weighted by Gasteiger charge is -2.27. The topological polar surface area (TPSA) is 86.7 Å². The molecule has 224 valence electrons. The summed E-state index contributed by atoms with van der Waals surface area (Å²) in [6.07, 6.45) is -9.94. The second-order valence-corrected chi connectivity index (χ2v) is 9.39. The molecule has 1 aliphatic heterocycles. The normalized spacial score (nSPS) is 16.4. The summed E-state index contributed by atoms with van der Waals surface area (Å²) < 4.78 is 108. The lowest BCUT2D eigenvalue weighted by Crippen LogP contribution is -2.39. The van der Waals surface area contributed by atoms with Gasteiger partial charge in [-0.2, -0.15) is 26.3 Å². The first-order valence-electron chi connectivity index (χ1n) is 12.6. The maximum Gasteiger partial charge on any atom is 0.420 e. The molecular formula is C27H29F7N4O3. The summed E-state index contributed by atoms with van der Waals surface area (Å²) in [5.41, 5.74) is -4.59. The molecular weight excluding hydrogens is 561 g/mol. The summed E-state index contributed by atoms with van der Waals surface area (Å²) in [4.78, 5) is 14.1. The molecule has 1 unspecified atom stereocenters. The molecule has 3 N–H and O–H groups in total. The molecule has 1 amide bonds. The van der Waals surface area contributed by atoms with Crippen LogP contribution in [0.2, 0.25) is 0 Å². The number of rotatable bonds is 9. The van der Waals surface area contributed by atoms with Crippen LogP contribution in [0.3, 0.4) is 0 Å². The molecule has 1 aliphatic rings. The van der Waals surface area contributed by atoms with Gasteiger partial charge in [-0.15, -0.1) is 0 Å². The molecule has 0 spiro atoms. The minimum atomic E-state index is -5.37. The van der Waals surface area contributed by atoms with Gasteiger partial charge in [-0.25, -0.2) is 9.18 Å². The van der Waals surface area contributed by atoms with Gasteiger partial charge in [0.1, 0.15) is 5.82 Å². The maximum absolute atomic E-state index is 14.1. The van der Waals surface area contributed by atoms with Crippen LogP contribution in [0.15, 0.2) is 42.6 Å². The van der Waals surface area contributed by atoms with Gasteiger partial charge in [0.25, 0.3) is 0 Å². The fourth-order valence-corrected chi connectivity index (χ4v) is 4.11. The van der Waals surface area contributed by atoms with E-state index in [1.165, 1.54) is 26.0 Å². The Morgan fingerprint density at radius 2 is 1.85 bits per heavy atom. The molecule has 3 rings (SSSR count). The predicted octanol–water partition coefficient (Wildman–Crippen LogP) is 6.24. The molecule has 1 atom stereocenters. The fraction of sp³-hybridized carbons (Fsp3) is 0.407. The number of amides is 1. The van der Waals surface area contributed by atoms with Crippen LogP contribution in [0.25, 0.3) is 5.57 Å². The van der Waals surface area contributed by atoms with E-state index in [1.54, 1.807) is 0 Å². The molecule has 2 aromatic carbocycles. The van der Waals surface area contributed by atoms with E-state index in [1.807, 2.05) is 0 Å². The smallest absolute Gasteiger partial charge is 0.409 e. The highest BCUT2D eigenvalue weighted by Crippen LogP contribution is 2.44. The van der Waals surface area contributed by atoms with E-state index >= 15 is 0 Å². The van der Waals surface area contributed by atoms with E-state index in [4.69, 9.17) is 14.9 Å². The number of hydrogen-bond donors (Lipinski definition) is 3. The van der Waals surface area contributed by atoms with Crippen LogP contribution >= 0.6 is 0 Å². The molecule has 0 bridgehead atoms. The number of carbonyl (C=O) groups is 1. The number of nitrogens with one attached hydrogen (secondary N) is 3. The van der Waals surface area contributed by atoms with Crippen molar-refractivity contribution in [1.82, 2.24) is 10.6 Å². The van der Waals surface area contributed by atoms with Crippen LogP contribution < -0.4 is 20.3 Å². The van der Waals surface area contributed by atoms with Gasteiger partial charge in [-0.3, -0.25) is 4.90 Å². The number of nitrogens with zero attached hydrogens (tertiary/aromatic N) is 1. The van der Waals surface area contributed by atoms with Crippen LogP contribution in [-0.4, -0.2) is 50.7 Å². The maximum atomic E-state index is 14.1. The third-order valence-electron chi connectivity index (χ3n) is 6.07. The number of carbonyl (C=O) groups excluding carboxylic acids is 1. The first-order chi connectivity index (χ1) is 19.2. The minimum Gasteiger partial charge on any atom is -0.409 e. The van der Waals surface area contributed by atoms with Crippen molar-refractivity contribution in [2.75, 3.05) is 31.1 Å². The molecule has 14 heteroatoms. The molecule has 7 nitrogen and oxygen atoms in total. The van der Waals surface area contributed by atoms with Gasteiger partial charge in [-0.05, 0) is 56.7 Å². The van der Waals surface area contributed by atoms with Gasteiger partial charge in [0, 0.05) is 54.9 Å². The van der Waals surface area contributed by atoms with Crippen molar-refractivity contribution in [2.45, 2.75) is 44.8 Å². The van der Waals surface area contributed by atoms with E-state index < -0.39 is 58.3 Å². The Morgan fingerprint density at radius 3 is 2.39 bits per heavy atom. The molecule has 1 heterocycles. The molecule has 1 saturated heterocycles. The van der Waals surface area contributed by atoms with Crippen molar-refractivity contribution in [3.8, 4) is 5.75 Å². The zero-order valence-electron chi connectivity index (χ0n) is 22.1. The van der Waals surface area contributed by atoms with Crippen LogP contribution in [0, 0.1) is 11.2 Å². The molecule has 0 radical (unpaired) electrons. The van der Waals surface area contributed by atoms with Crippen LogP contribution in [0.4, 0.5) is 41.2 Å². The van der Waals surface area contributed by atoms with Gasteiger partial charge in [-0.1, -0.05) is 0 Å². The number of benzene rings is 2. The average molecular weight is 591 g/mol. The van der Waals surface area contributed by atoms with Crippen LogP contribution in [0.1, 0.15) is 37.0 Å². The number of hydrogen-bond acceptors (Lipinski definition) is 6. The van der Waals surface area contributed by atoms with Crippen LogP contribution in [0.5, 0.6) is 5.75 Å². The monoisotopic (exact) mass is 590 g/mol. The zero-order valence-corrected chi connectivity index (χ0v) is 22.1. The first kappa shape index (κ1) is 31.9. The van der Waals surface area contributed by atoms with E-state index in [0.717, 1.165) is 23.2 Å². The number of alkyl halides is 6. The van der Waals surface area contributed by atoms with E-state index in [2.05, 4.69) is 10.6 Å². The van der Waals surface area contributed by atoms with Gasteiger partial charge in [0.05, 0.1) is 23.8 Å². The minimum absolute atomic E-state index is 0.0809. The second kappa shape index (κ2) is 13.3. The summed E-state index contributed by atoms with van der Waals surface area (Å²) >= 11 is 0. The van der Waals surface area contributed by atoms with Crippen molar-refractivity contribution in [1.29, 1.82) is 5.41 Å². The molecule has 0 aromatic heterocycles. The Kier molecular flexibility index (Phi) is 10.4. The highest BCUT2D eigenvalue weighted by molar-refractivity contribution is 6.10. The molecule has 0 saturated carbocycles. The number of allylic oxidation sites excluding steroid dienone is 1. The van der Waals surface area contributed by atoms with Crippen LogP contribution in [-0.2, 0) is 17.1 Å². The number of morpholine rings is 1. The van der Waals surface area contributed by atoms with Gasteiger partial charge < -0.3 is 25.5 Å². The lowest BCUT2D eigenvalue weighted by molar-refractivity contribution is -0.143. The summed E-state index contributed by atoms with van der Waals surface area (Å²) in [7, 11) is 0. The van der Waals surface area contributed by atoms with Crippen molar-refractivity contribution in [2.24, 2.45) is 0 Å². The predicted molar refractivity (Wildman–Crippen MR) is 138 cm³/mol. The van der Waals surface area contributed by atoms with E-state index in [9.17, 15) is 35.5 Å². The Balaban J connectivity index is 2.06. The number of ether oxygens (including phenoxy) is 2. The Bertz CT molecular complexity index is 1240. The summed E-state index contributed by atoms with van der Waals surface area (Å²) in [5, 5.41) is 13.7. The average Bonchev–Trinajstić information content (AvgIpc) is 2.89. The number of halogens is 7. The second-order valence-electron chi connectivity index (χ2n) is 9.39. The Morgan fingerprint density at radius 1 is 1.17 bits per heavy atom. The fourth-order valence-electron chi connectivity index (χ4n) is 4.11. The van der Waals surface area contributed by atoms with Gasteiger partial charge >= 0.3 is 18.4 Å². The first-order valence-corrected chi connectivity index (χ1v) is 12.6. The molecule has 1 fully saturated rings. The summed E-state index contributed by atoms with van der Waals surface area (Å²) in [6, 6.07) is 4.00. The highest BCUT2D eigenvalue weighted by atomic mass is 19.4. The highest BCUT2D eigenvalue weighted by Gasteiger charge is 2.42. The SMILES string of the molecule is CC(C)N(C(=O)Oc1c(/C(C=N)=C/NCCC2CNCCO2)cc(C(F)(F)F)cc1C(F)(F)F)c1ccc(F)cc1. The largest absolute Gasteiger partial charge is 0.420 e. The summed E-state index contributed by atoms with van der Waals surface area (Å²) in [5.74, 6) is -1.84. The standard InChI is InChI=1S/C27H29F7N4O3/c1-16(2)38(20-5-3-19(28)4-6-20)25(39)41-24-22(11-18(26(29,30)31)12-23(24)27(32,33)34)17(13-35)14-36-8-7-21-15-37-9-10-40-21/h3-6,11-14,16,21,35-37H,7-10,15H2,1-2H3/b17-14+,35-13?. The molecule has 0 aliphatic carbocycles. The van der Waals surface area contributed by atoms with Gasteiger partial charge in [0.15, 0.2) is 5.75 Å². The third kappa shape index (κ3) is 8.43. The molecule has 2 aromatic rings. The molecule has 41 heavy (non-hydrogen) atoms. The van der Waals surface area contributed by atoms with Crippen molar-refractivity contribution in [3.05, 3.63) is 65.1 Å². The van der Waals surface area contributed by atoms with Crippen molar-refractivity contribution >= 4 is 23.6 Å². The number of anilines is 1. The van der Waals surface area contributed by atoms with Gasteiger partial charge in [0.2, 0.25) is 0 Å². The Labute approximate surface area is 231 Å². The summed E-state index contributed by atoms with van der Waals surface area (Å²) in [6.45, 7) is 5.02. The lowest BCUT2D eigenvalue weighted by atomic mass is 9.98. The zero-order chi connectivity index (χ0) is 30.4. The van der Waals surface area contributed by atoms with E-state index in [0.29, 0.717) is 38.4 Å². The third-order valence-corrected chi connectivity index (χ3v) is 6.07. The Hall–Kier alpha value is -3.65. The van der Waals surface area contributed by atoms with Crippen molar-refractivity contribution < 1.29 is 45.0 Å². The van der Waals surface area contributed by atoms with E-state index in [-0.39, 0.29) is 24.4 Å².